The van der Waals surface area contributed by atoms with Crippen LogP contribution in [0.2, 0.25) is 0 Å². The standard InChI is InChI=1S/C13H23N3OS/c1-13(2,3)10-6-7-18-12(16-10)15-9-4-5-11(17)14-8-9/h9-10H,4-8H2,1-3H3,(H,14,17)(H,15,16). The maximum Gasteiger partial charge on any atom is 0.220 e. The number of nitrogens with one attached hydrogen (secondary N) is 2. The lowest BCUT2D eigenvalue weighted by atomic mass is 9.85. The topological polar surface area (TPSA) is 53.5 Å². The number of hydrogen-bond acceptors (Lipinski definition) is 4. The fourth-order valence-electron chi connectivity index (χ4n) is 2.25. The molecule has 102 valence electrons. The van der Waals surface area contributed by atoms with Crippen molar-refractivity contribution in [2.45, 2.75) is 52.1 Å². The van der Waals surface area contributed by atoms with Crippen LogP contribution >= 0.6 is 11.8 Å². The highest BCUT2D eigenvalue weighted by Gasteiger charge is 2.28. The van der Waals surface area contributed by atoms with Crippen LogP contribution in [0.3, 0.4) is 0 Å². The third-order valence-electron chi connectivity index (χ3n) is 3.50. The molecule has 0 radical (unpaired) electrons. The molecule has 18 heavy (non-hydrogen) atoms. The van der Waals surface area contributed by atoms with E-state index in [0.29, 0.717) is 18.5 Å². The van der Waals surface area contributed by atoms with Gasteiger partial charge in [0, 0.05) is 24.8 Å². The van der Waals surface area contributed by atoms with Gasteiger partial charge < -0.3 is 10.6 Å². The highest BCUT2D eigenvalue weighted by molar-refractivity contribution is 8.13. The van der Waals surface area contributed by atoms with Crippen molar-refractivity contribution in [3.63, 3.8) is 0 Å². The average molecular weight is 269 g/mol. The van der Waals surface area contributed by atoms with E-state index in [1.165, 1.54) is 0 Å². The zero-order valence-electron chi connectivity index (χ0n) is 11.5. The molecule has 2 N–H and O–H groups in total. The van der Waals surface area contributed by atoms with Gasteiger partial charge in [-0.15, -0.1) is 0 Å². The van der Waals surface area contributed by atoms with E-state index in [1.54, 1.807) is 11.8 Å². The summed E-state index contributed by atoms with van der Waals surface area (Å²) in [6.07, 6.45) is 2.69. The molecule has 4 nitrogen and oxygen atoms in total. The number of amidine groups is 1. The fourth-order valence-corrected chi connectivity index (χ4v) is 3.23. The van der Waals surface area contributed by atoms with E-state index in [-0.39, 0.29) is 11.3 Å². The first kappa shape index (κ1) is 13.7. The lowest BCUT2D eigenvalue weighted by Crippen LogP contribution is -2.48. The van der Waals surface area contributed by atoms with Gasteiger partial charge in [-0.25, -0.2) is 0 Å². The van der Waals surface area contributed by atoms with E-state index in [2.05, 4.69) is 31.4 Å². The van der Waals surface area contributed by atoms with Crippen molar-refractivity contribution in [2.75, 3.05) is 12.3 Å². The molecule has 0 aliphatic carbocycles. The van der Waals surface area contributed by atoms with Crippen LogP contribution in [-0.4, -0.2) is 35.5 Å². The molecule has 0 aromatic rings. The molecule has 5 heteroatoms. The van der Waals surface area contributed by atoms with E-state index in [1.807, 2.05) is 0 Å². The molecule has 2 aliphatic heterocycles. The van der Waals surface area contributed by atoms with Crippen molar-refractivity contribution in [1.82, 2.24) is 10.6 Å². The normalized spacial score (nSPS) is 29.5. The number of piperidine rings is 1. The second kappa shape index (κ2) is 5.51. The van der Waals surface area contributed by atoms with Gasteiger partial charge in [0.25, 0.3) is 0 Å². The Hall–Kier alpha value is -0.710. The maximum atomic E-state index is 11.1. The van der Waals surface area contributed by atoms with E-state index < -0.39 is 0 Å². The molecular formula is C13H23N3OS. The Morgan fingerprint density at radius 1 is 1.39 bits per heavy atom. The monoisotopic (exact) mass is 269 g/mol. The average Bonchev–Trinajstić information content (AvgIpc) is 2.31. The van der Waals surface area contributed by atoms with Crippen LogP contribution in [0.1, 0.15) is 40.0 Å². The summed E-state index contributed by atoms with van der Waals surface area (Å²) in [7, 11) is 0. The molecule has 0 aromatic heterocycles. The third kappa shape index (κ3) is 3.64. The zero-order valence-corrected chi connectivity index (χ0v) is 12.3. The summed E-state index contributed by atoms with van der Waals surface area (Å²) in [5.74, 6) is 1.30. The van der Waals surface area contributed by atoms with E-state index in [0.717, 1.165) is 30.3 Å². The van der Waals surface area contributed by atoms with Crippen LogP contribution in [0, 0.1) is 5.41 Å². The van der Waals surface area contributed by atoms with Crippen molar-refractivity contribution in [2.24, 2.45) is 10.4 Å². The number of amides is 1. The minimum Gasteiger partial charge on any atom is -0.360 e. The van der Waals surface area contributed by atoms with E-state index in [4.69, 9.17) is 4.99 Å². The fraction of sp³-hybridized carbons (Fsp3) is 0.846. The van der Waals surface area contributed by atoms with Gasteiger partial charge in [-0.2, -0.15) is 0 Å². The minimum absolute atomic E-state index is 0.166. The molecule has 0 bridgehead atoms. The van der Waals surface area contributed by atoms with Gasteiger partial charge in [0.15, 0.2) is 5.17 Å². The molecule has 2 heterocycles. The Kier molecular flexibility index (Phi) is 4.20. The molecular weight excluding hydrogens is 246 g/mol. The summed E-state index contributed by atoms with van der Waals surface area (Å²) in [5, 5.41) is 7.43. The summed E-state index contributed by atoms with van der Waals surface area (Å²) in [4.78, 5) is 15.9. The van der Waals surface area contributed by atoms with E-state index in [9.17, 15) is 4.79 Å². The molecule has 0 spiro atoms. The van der Waals surface area contributed by atoms with Gasteiger partial charge in [0.1, 0.15) is 0 Å². The highest BCUT2D eigenvalue weighted by Crippen LogP contribution is 2.30. The van der Waals surface area contributed by atoms with Crippen molar-refractivity contribution < 1.29 is 4.79 Å². The number of nitrogens with zero attached hydrogens (tertiary/aromatic N) is 1. The van der Waals surface area contributed by atoms with Gasteiger partial charge >= 0.3 is 0 Å². The molecule has 2 rings (SSSR count). The molecule has 2 aliphatic rings. The summed E-state index contributed by atoms with van der Waals surface area (Å²) < 4.78 is 0. The van der Waals surface area contributed by atoms with Crippen LogP contribution in [-0.2, 0) is 4.79 Å². The number of carbonyl (C=O) groups is 1. The molecule has 1 saturated heterocycles. The number of hydrogen-bond donors (Lipinski definition) is 2. The SMILES string of the molecule is CC(C)(C)C1CCSC(NC2CCC(=O)NC2)=N1. The second-order valence-corrected chi connectivity index (χ2v) is 7.22. The van der Waals surface area contributed by atoms with Crippen molar-refractivity contribution in [1.29, 1.82) is 0 Å². The summed E-state index contributed by atoms with van der Waals surface area (Å²) in [6.45, 7) is 7.46. The largest absolute Gasteiger partial charge is 0.360 e. The number of rotatable bonds is 1. The van der Waals surface area contributed by atoms with Crippen molar-refractivity contribution in [3.05, 3.63) is 0 Å². The zero-order chi connectivity index (χ0) is 13.2. The molecule has 2 unspecified atom stereocenters. The van der Waals surface area contributed by atoms with Crippen LogP contribution in [0.15, 0.2) is 4.99 Å². The molecule has 0 aromatic carbocycles. The molecule has 1 fully saturated rings. The Labute approximate surface area is 113 Å². The molecule has 1 amide bonds. The maximum absolute atomic E-state index is 11.1. The minimum atomic E-state index is 0.166. The summed E-state index contributed by atoms with van der Waals surface area (Å²) in [5.41, 5.74) is 0.231. The quantitative estimate of drug-likeness (QED) is 0.763. The van der Waals surface area contributed by atoms with Gasteiger partial charge in [0.05, 0.1) is 6.04 Å². The molecule has 0 saturated carbocycles. The van der Waals surface area contributed by atoms with Crippen LogP contribution < -0.4 is 10.6 Å². The predicted octanol–water partition coefficient (Wildman–Crippen LogP) is 1.76. The van der Waals surface area contributed by atoms with Crippen LogP contribution in [0.5, 0.6) is 0 Å². The van der Waals surface area contributed by atoms with E-state index >= 15 is 0 Å². The third-order valence-corrected chi connectivity index (χ3v) is 4.43. The van der Waals surface area contributed by atoms with Crippen LogP contribution in [0.4, 0.5) is 0 Å². The first-order valence-corrected chi connectivity index (χ1v) is 7.67. The number of aliphatic imine (C=N–C) groups is 1. The number of thioether (sulfide) groups is 1. The Balaban J connectivity index is 1.92. The van der Waals surface area contributed by atoms with Gasteiger partial charge in [0.2, 0.25) is 5.91 Å². The first-order chi connectivity index (χ1) is 8.45. The van der Waals surface area contributed by atoms with Crippen LogP contribution in [0.25, 0.3) is 0 Å². The summed E-state index contributed by atoms with van der Waals surface area (Å²) >= 11 is 1.80. The Morgan fingerprint density at radius 2 is 2.17 bits per heavy atom. The lowest BCUT2D eigenvalue weighted by molar-refractivity contribution is -0.122. The second-order valence-electron chi connectivity index (χ2n) is 6.14. The Morgan fingerprint density at radius 3 is 2.78 bits per heavy atom. The molecule has 2 atom stereocenters. The highest BCUT2D eigenvalue weighted by atomic mass is 32.2. The first-order valence-electron chi connectivity index (χ1n) is 6.69. The van der Waals surface area contributed by atoms with Crippen molar-refractivity contribution >= 4 is 22.8 Å². The smallest absolute Gasteiger partial charge is 0.220 e. The van der Waals surface area contributed by atoms with Gasteiger partial charge in [-0.1, -0.05) is 32.5 Å². The Bertz CT molecular complexity index is 339. The van der Waals surface area contributed by atoms with Gasteiger partial charge in [-0.05, 0) is 18.3 Å². The predicted molar refractivity (Wildman–Crippen MR) is 76.9 cm³/mol. The lowest BCUT2D eigenvalue weighted by Gasteiger charge is -2.32. The van der Waals surface area contributed by atoms with Crippen molar-refractivity contribution in [3.8, 4) is 0 Å². The summed E-state index contributed by atoms with van der Waals surface area (Å²) in [6, 6.07) is 0.743. The van der Waals surface area contributed by atoms with Gasteiger partial charge in [-0.3, -0.25) is 9.79 Å². The number of carbonyl (C=O) groups excluding carboxylic acids is 1.